The third-order valence-corrected chi connectivity index (χ3v) is 6.58. The summed E-state index contributed by atoms with van der Waals surface area (Å²) in [7, 11) is 0. The number of carboxylic acids is 1. The number of aliphatic carboxylic acids is 1. The highest BCUT2D eigenvalue weighted by Crippen LogP contribution is 2.21. The fourth-order valence-corrected chi connectivity index (χ4v) is 4.32. The topological polar surface area (TPSA) is 57.6 Å². The number of amides is 1. The molecule has 0 spiro atoms. The number of nitrogens with zero attached hydrogens (tertiary/aromatic N) is 1. The van der Waals surface area contributed by atoms with Crippen LogP contribution >= 0.6 is 0 Å². The first-order chi connectivity index (χ1) is 19.0. The van der Waals surface area contributed by atoms with Crippen molar-refractivity contribution in [1.82, 2.24) is 0 Å². The van der Waals surface area contributed by atoms with E-state index in [9.17, 15) is 9.59 Å². The van der Waals surface area contributed by atoms with Crippen LogP contribution in [0.25, 0.3) is 6.08 Å². The maximum atomic E-state index is 13.4. The van der Waals surface area contributed by atoms with E-state index in [1.54, 1.807) is 11.0 Å². The van der Waals surface area contributed by atoms with Gasteiger partial charge in [-0.1, -0.05) is 105 Å². The third kappa shape index (κ3) is 11.0. The van der Waals surface area contributed by atoms with E-state index in [0.717, 1.165) is 46.9 Å². The van der Waals surface area contributed by atoms with Gasteiger partial charge in [-0.05, 0) is 59.9 Å². The Morgan fingerprint density at radius 1 is 0.821 bits per heavy atom. The summed E-state index contributed by atoms with van der Waals surface area (Å²) in [5, 5.41) is 8.89. The molecule has 0 unspecified atom stereocenters. The second-order valence-electron chi connectivity index (χ2n) is 9.75. The molecular weight excluding hydrogens is 482 g/mol. The van der Waals surface area contributed by atoms with Gasteiger partial charge in [-0.3, -0.25) is 4.79 Å². The third-order valence-electron chi connectivity index (χ3n) is 6.58. The number of hydrogen-bond donors (Lipinski definition) is 1. The van der Waals surface area contributed by atoms with E-state index in [-0.39, 0.29) is 5.91 Å². The van der Waals surface area contributed by atoms with Gasteiger partial charge in [0, 0.05) is 30.2 Å². The van der Waals surface area contributed by atoms with Crippen molar-refractivity contribution in [2.24, 2.45) is 0 Å². The van der Waals surface area contributed by atoms with Gasteiger partial charge in [-0.25, -0.2) is 4.79 Å². The predicted molar refractivity (Wildman–Crippen MR) is 160 cm³/mol. The van der Waals surface area contributed by atoms with E-state index in [1.165, 1.54) is 32.1 Å². The van der Waals surface area contributed by atoms with E-state index in [1.807, 2.05) is 78.9 Å². The molecule has 3 rings (SSSR count). The fourth-order valence-electron chi connectivity index (χ4n) is 4.32. The molecular formula is C35H39NO3. The summed E-state index contributed by atoms with van der Waals surface area (Å²) >= 11 is 0. The molecule has 39 heavy (non-hydrogen) atoms. The first-order valence-corrected chi connectivity index (χ1v) is 14.0. The van der Waals surface area contributed by atoms with Crippen molar-refractivity contribution in [1.29, 1.82) is 0 Å². The molecule has 0 aliphatic carbocycles. The van der Waals surface area contributed by atoms with Gasteiger partial charge in [0.2, 0.25) is 5.91 Å². The SMILES string of the molecule is CCCCCCCCC#Cc1ccc(CN(C(=O)CCc2ccccc2)c2ccc(/C=C/C(=O)O)cc2)cc1. The van der Waals surface area contributed by atoms with Gasteiger partial charge < -0.3 is 10.0 Å². The predicted octanol–water partition coefficient (Wildman–Crippen LogP) is 8.05. The molecule has 4 heteroatoms. The number of unbranched alkanes of at least 4 members (excludes halogenated alkanes) is 6. The van der Waals surface area contributed by atoms with Crippen LogP contribution in [0, 0.1) is 11.8 Å². The average Bonchev–Trinajstić information content (AvgIpc) is 2.96. The lowest BCUT2D eigenvalue weighted by Crippen LogP contribution is -2.30. The van der Waals surface area contributed by atoms with Crippen molar-refractivity contribution in [2.75, 3.05) is 4.90 Å². The molecule has 0 saturated heterocycles. The van der Waals surface area contributed by atoms with E-state index in [0.29, 0.717) is 19.4 Å². The van der Waals surface area contributed by atoms with Gasteiger partial charge in [-0.2, -0.15) is 0 Å². The van der Waals surface area contributed by atoms with Crippen molar-refractivity contribution in [3.8, 4) is 11.8 Å². The highest BCUT2D eigenvalue weighted by atomic mass is 16.4. The van der Waals surface area contributed by atoms with Crippen LogP contribution in [0.1, 0.15) is 80.5 Å². The summed E-state index contributed by atoms with van der Waals surface area (Å²) in [4.78, 5) is 26.0. The van der Waals surface area contributed by atoms with Crippen LogP contribution in [0.4, 0.5) is 5.69 Å². The van der Waals surface area contributed by atoms with Crippen LogP contribution in [0.2, 0.25) is 0 Å². The van der Waals surface area contributed by atoms with E-state index in [4.69, 9.17) is 5.11 Å². The summed E-state index contributed by atoms with van der Waals surface area (Å²) in [5.74, 6) is 5.61. The van der Waals surface area contributed by atoms with Gasteiger partial charge in [0.15, 0.2) is 0 Å². The van der Waals surface area contributed by atoms with Crippen LogP contribution < -0.4 is 4.90 Å². The monoisotopic (exact) mass is 521 g/mol. The summed E-state index contributed by atoms with van der Waals surface area (Å²) in [6, 6.07) is 25.5. The largest absolute Gasteiger partial charge is 0.478 e. The molecule has 0 aliphatic heterocycles. The smallest absolute Gasteiger partial charge is 0.328 e. The van der Waals surface area contributed by atoms with Crippen molar-refractivity contribution >= 4 is 23.6 Å². The number of carbonyl (C=O) groups is 2. The Labute approximate surface area is 233 Å². The van der Waals surface area contributed by atoms with Crippen molar-refractivity contribution in [3.05, 3.63) is 107 Å². The second kappa shape index (κ2) is 16.7. The Kier molecular flexibility index (Phi) is 12.6. The Morgan fingerprint density at radius 2 is 1.51 bits per heavy atom. The highest BCUT2D eigenvalue weighted by molar-refractivity contribution is 5.93. The molecule has 0 atom stereocenters. The molecule has 0 aliphatic rings. The minimum Gasteiger partial charge on any atom is -0.478 e. The molecule has 0 radical (unpaired) electrons. The molecule has 0 saturated carbocycles. The Hall–Kier alpha value is -4.10. The van der Waals surface area contributed by atoms with E-state index < -0.39 is 5.97 Å². The number of benzene rings is 3. The molecule has 0 bridgehead atoms. The van der Waals surface area contributed by atoms with Crippen LogP contribution in [0.5, 0.6) is 0 Å². The zero-order valence-corrected chi connectivity index (χ0v) is 22.9. The minimum absolute atomic E-state index is 0.0375. The maximum Gasteiger partial charge on any atom is 0.328 e. The first-order valence-electron chi connectivity index (χ1n) is 14.0. The lowest BCUT2D eigenvalue weighted by molar-refractivity contribution is -0.131. The number of carbonyl (C=O) groups excluding carboxylic acids is 1. The molecule has 4 nitrogen and oxygen atoms in total. The second-order valence-corrected chi connectivity index (χ2v) is 9.75. The molecule has 3 aromatic carbocycles. The van der Waals surface area contributed by atoms with Crippen LogP contribution in [-0.4, -0.2) is 17.0 Å². The van der Waals surface area contributed by atoms with Crippen molar-refractivity contribution in [3.63, 3.8) is 0 Å². The summed E-state index contributed by atoms with van der Waals surface area (Å²) in [6.07, 6.45) is 12.3. The summed E-state index contributed by atoms with van der Waals surface area (Å²) in [6.45, 7) is 2.68. The molecule has 202 valence electrons. The molecule has 1 N–H and O–H groups in total. The van der Waals surface area contributed by atoms with Crippen molar-refractivity contribution in [2.45, 2.75) is 71.3 Å². The number of anilines is 1. The fraction of sp³-hybridized carbons (Fsp3) is 0.314. The number of rotatable bonds is 14. The zero-order chi connectivity index (χ0) is 27.7. The highest BCUT2D eigenvalue weighted by Gasteiger charge is 2.16. The first kappa shape index (κ1) is 29.5. The van der Waals surface area contributed by atoms with E-state index >= 15 is 0 Å². The van der Waals surface area contributed by atoms with Gasteiger partial charge in [0.1, 0.15) is 0 Å². The maximum absolute atomic E-state index is 13.4. The van der Waals surface area contributed by atoms with E-state index in [2.05, 4.69) is 18.8 Å². The van der Waals surface area contributed by atoms with Gasteiger partial charge in [0.25, 0.3) is 0 Å². The average molecular weight is 522 g/mol. The molecule has 1 amide bonds. The normalized spacial score (nSPS) is 10.7. The molecule has 0 fully saturated rings. The standard InChI is InChI=1S/C35H39NO3/c1-2-3-4-5-6-7-8-10-15-30-16-18-32(19-17-30)28-36(34(37)26-22-29-13-11-9-12-14-29)33-24-20-31(21-25-33)23-27-35(38)39/h9,11-14,16-21,23-25,27H,2-8,22,26,28H2,1H3,(H,38,39)/b27-23+. The number of carboxylic acid groups (broad SMARTS) is 1. The Morgan fingerprint density at radius 3 is 2.21 bits per heavy atom. The lowest BCUT2D eigenvalue weighted by Gasteiger charge is -2.23. The molecule has 0 aromatic heterocycles. The minimum atomic E-state index is -0.993. The lowest BCUT2D eigenvalue weighted by atomic mass is 10.1. The Balaban J connectivity index is 1.66. The molecule has 0 heterocycles. The molecule has 3 aromatic rings. The summed E-state index contributed by atoms with van der Waals surface area (Å²) in [5.41, 5.74) is 4.69. The van der Waals surface area contributed by atoms with Crippen LogP contribution in [0.15, 0.2) is 84.9 Å². The van der Waals surface area contributed by atoms with Crippen LogP contribution in [0.3, 0.4) is 0 Å². The van der Waals surface area contributed by atoms with Crippen LogP contribution in [-0.2, 0) is 22.6 Å². The Bertz CT molecular complexity index is 1250. The zero-order valence-electron chi connectivity index (χ0n) is 22.9. The van der Waals surface area contributed by atoms with Gasteiger partial charge in [-0.15, -0.1) is 0 Å². The number of hydrogen-bond acceptors (Lipinski definition) is 2. The quantitative estimate of drug-likeness (QED) is 0.133. The summed E-state index contributed by atoms with van der Waals surface area (Å²) < 4.78 is 0. The number of aryl methyl sites for hydroxylation is 1. The van der Waals surface area contributed by atoms with Gasteiger partial charge in [0.05, 0.1) is 6.54 Å². The van der Waals surface area contributed by atoms with Gasteiger partial charge >= 0.3 is 5.97 Å². The van der Waals surface area contributed by atoms with Crippen molar-refractivity contribution < 1.29 is 14.7 Å².